The van der Waals surface area contributed by atoms with Crippen molar-refractivity contribution in [3.63, 3.8) is 0 Å². The molecule has 1 atom stereocenters. The van der Waals surface area contributed by atoms with Crippen molar-refractivity contribution in [2.75, 3.05) is 0 Å². The number of benzene rings is 1. The van der Waals surface area contributed by atoms with Crippen molar-refractivity contribution in [1.29, 1.82) is 0 Å². The van der Waals surface area contributed by atoms with Gasteiger partial charge < -0.3 is 9.84 Å². The van der Waals surface area contributed by atoms with Gasteiger partial charge in [-0.25, -0.2) is 4.98 Å². The van der Waals surface area contributed by atoms with Gasteiger partial charge in [-0.3, -0.25) is 9.48 Å². The Balaban J connectivity index is 1.73. The SMILES string of the molecule is Cc1ccc(C(C)NC(=O)c2cc(-c3cnn(C)c3)nc3onc(C)c23)c(C)c1. The summed E-state index contributed by atoms with van der Waals surface area (Å²) in [6, 6.07) is 7.86. The molecule has 1 N–H and O–H groups in total. The minimum Gasteiger partial charge on any atom is -0.345 e. The summed E-state index contributed by atoms with van der Waals surface area (Å²) in [5.41, 5.74) is 6.32. The predicted molar refractivity (Wildman–Crippen MR) is 111 cm³/mol. The second-order valence-corrected chi connectivity index (χ2v) is 7.46. The van der Waals surface area contributed by atoms with Crippen molar-refractivity contribution in [2.45, 2.75) is 33.7 Å². The molecule has 0 saturated heterocycles. The Morgan fingerprint density at radius 1 is 1.21 bits per heavy atom. The van der Waals surface area contributed by atoms with Gasteiger partial charge in [-0.1, -0.05) is 28.9 Å². The van der Waals surface area contributed by atoms with Gasteiger partial charge in [-0.2, -0.15) is 5.10 Å². The average molecular weight is 389 g/mol. The van der Waals surface area contributed by atoms with Crippen LogP contribution >= 0.6 is 0 Å². The molecule has 0 aliphatic heterocycles. The van der Waals surface area contributed by atoms with E-state index in [1.807, 2.05) is 27.1 Å². The molecule has 1 aromatic carbocycles. The molecule has 148 valence electrons. The number of nitrogens with one attached hydrogen (secondary N) is 1. The smallest absolute Gasteiger partial charge is 0.259 e. The molecule has 0 spiro atoms. The Labute approximate surface area is 168 Å². The Hall–Kier alpha value is -3.48. The highest BCUT2D eigenvalue weighted by atomic mass is 16.5. The first-order valence-electron chi connectivity index (χ1n) is 9.47. The summed E-state index contributed by atoms with van der Waals surface area (Å²) in [5, 5.41) is 11.9. The molecule has 29 heavy (non-hydrogen) atoms. The zero-order valence-corrected chi connectivity index (χ0v) is 17.1. The summed E-state index contributed by atoms with van der Waals surface area (Å²) < 4.78 is 7.05. The number of hydrogen-bond donors (Lipinski definition) is 1. The number of amides is 1. The van der Waals surface area contributed by atoms with Gasteiger partial charge in [0, 0.05) is 18.8 Å². The molecule has 7 nitrogen and oxygen atoms in total. The van der Waals surface area contributed by atoms with E-state index in [4.69, 9.17) is 4.52 Å². The third-order valence-electron chi connectivity index (χ3n) is 5.10. The van der Waals surface area contributed by atoms with Crippen LogP contribution in [0.3, 0.4) is 0 Å². The van der Waals surface area contributed by atoms with Gasteiger partial charge in [0.25, 0.3) is 11.6 Å². The van der Waals surface area contributed by atoms with Crippen molar-refractivity contribution >= 4 is 17.0 Å². The maximum atomic E-state index is 13.2. The summed E-state index contributed by atoms with van der Waals surface area (Å²) >= 11 is 0. The molecule has 0 saturated carbocycles. The molecule has 4 aromatic rings. The van der Waals surface area contributed by atoms with Crippen molar-refractivity contribution in [3.05, 3.63) is 64.6 Å². The fraction of sp³-hybridized carbons (Fsp3) is 0.273. The Morgan fingerprint density at radius 2 is 2.00 bits per heavy atom. The largest absolute Gasteiger partial charge is 0.345 e. The zero-order chi connectivity index (χ0) is 20.7. The Kier molecular flexibility index (Phi) is 4.66. The van der Waals surface area contributed by atoms with Crippen LogP contribution in [0.5, 0.6) is 0 Å². The van der Waals surface area contributed by atoms with E-state index in [2.05, 4.69) is 52.6 Å². The maximum Gasteiger partial charge on any atom is 0.259 e. The van der Waals surface area contributed by atoms with Crippen LogP contribution in [-0.2, 0) is 7.05 Å². The van der Waals surface area contributed by atoms with E-state index in [1.54, 1.807) is 16.9 Å². The van der Waals surface area contributed by atoms with Crippen molar-refractivity contribution in [1.82, 2.24) is 25.2 Å². The highest BCUT2D eigenvalue weighted by molar-refractivity contribution is 6.07. The molecule has 1 unspecified atom stereocenters. The molecular weight excluding hydrogens is 366 g/mol. The molecule has 1 amide bonds. The molecule has 4 rings (SSSR count). The number of hydrogen-bond acceptors (Lipinski definition) is 5. The number of aryl methyl sites for hydroxylation is 4. The molecule has 0 radical (unpaired) electrons. The monoisotopic (exact) mass is 389 g/mol. The van der Waals surface area contributed by atoms with Crippen LogP contribution in [0.2, 0.25) is 0 Å². The van der Waals surface area contributed by atoms with E-state index >= 15 is 0 Å². The van der Waals surface area contributed by atoms with Gasteiger partial charge in [-0.05, 0) is 44.9 Å². The lowest BCUT2D eigenvalue weighted by Crippen LogP contribution is -2.27. The molecule has 0 bridgehead atoms. The highest BCUT2D eigenvalue weighted by Crippen LogP contribution is 2.27. The van der Waals surface area contributed by atoms with Crippen LogP contribution in [-0.4, -0.2) is 25.8 Å². The minimum atomic E-state index is -0.193. The van der Waals surface area contributed by atoms with E-state index in [0.29, 0.717) is 28.1 Å². The minimum absolute atomic E-state index is 0.145. The molecule has 0 aliphatic carbocycles. The average Bonchev–Trinajstić information content (AvgIpc) is 3.27. The quantitative estimate of drug-likeness (QED) is 0.569. The third-order valence-corrected chi connectivity index (χ3v) is 5.10. The molecule has 7 heteroatoms. The van der Waals surface area contributed by atoms with Gasteiger partial charge in [0.1, 0.15) is 0 Å². The standard InChI is InChI=1S/C22H23N5O2/c1-12-6-7-17(13(2)8-12)14(3)24-21(28)18-9-19(16-10-23-27(5)11-16)25-22-20(18)15(4)26-29-22/h6-11,14H,1-5H3,(H,24,28). The predicted octanol–water partition coefficient (Wildman–Crippen LogP) is 4.04. The summed E-state index contributed by atoms with van der Waals surface area (Å²) in [6.07, 6.45) is 3.55. The summed E-state index contributed by atoms with van der Waals surface area (Å²) in [5.74, 6) is -0.193. The number of pyridine rings is 1. The molecular formula is C22H23N5O2. The summed E-state index contributed by atoms with van der Waals surface area (Å²) in [4.78, 5) is 17.8. The van der Waals surface area contributed by atoms with Crippen molar-refractivity contribution in [3.8, 4) is 11.3 Å². The topological polar surface area (TPSA) is 85.8 Å². The Bertz CT molecular complexity index is 1220. The van der Waals surface area contributed by atoms with E-state index in [0.717, 1.165) is 16.7 Å². The van der Waals surface area contributed by atoms with Crippen LogP contribution < -0.4 is 5.32 Å². The zero-order valence-electron chi connectivity index (χ0n) is 17.1. The van der Waals surface area contributed by atoms with Crippen molar-refractivity contribution in [2.24, 2.45) is 7.05 Å². The van der Waals surface area contributed by atoms with Crippen LogP contribution in [0.1, 0.15) is 45.7 Å². The second kappa shape index (κ2) is 7.16. The van der Waals surface area contributed by atoms with Gasteiger partial charge >= 0.3 is 0 Å². The number of fused-ring (bicyclic) bond motifs is 1. The van der Waals surface area contributed by atoms with E-state index in [-0.39, 0.29) is 11.9 Å². The third kappa shape index (κ3) is 3.51. The lowest BCUT2D eigenvalue weighted by molar-refractivity contribution is 0.0941. The molecule has 3 heterocycles. The lowest BCUT2D eigenvalue weighted by Gasteiger charge is -2.17. The van der Waals surface area contributed by atoms with Crippen LogP contribution in [0, 0.1) is 20.8 Å². The lowest BCUT2D eigenvalue weighted by atomic mass is 9.99. The number of carbonyl (C=O) groups is 1. The maximum absolute atomic E-state index is 13.2. The second-order valence-electron chi connectivity index (χ2n) is 7.46. The van der Waals surface area contributed by atoms with Crippen molar-refractivity contribution < 1.29 is 9.32 Å². The van der Waals surface area contributed by atoms with E-state index in [1.165, 1.54) is 5.56 Å². The molecule has 0 aliphatic rings. The molecule has 3 aromatic heterocycles. The summed E-state index contributed by atoms with van der Waals surface area (Å²) in [7, 11) is 1.83. The van der Waals surface area contributed by atoms with Gasteiger partial charge in [0.15, 0.2) is 0 Å². The fourth-order valence-electron chi connectivity index (χ4n) is 3.64. The molecule has 0 fully saturated rings. The van der Waals surface area contributed by atoms with Gasteiger partial charge in [0.2, 0.25) is 0 Å². The highest BCUT2D eigenvalue weighted by Gasteiger charge is 2.21. The number of rotatable bonds is 4. The van der Waals surface area contributed by atoms with E-state index in [9.17, 15) is 4.79 Å². The number of nitrogens with zero attached hydrogens (tertiary/aromatic N) is 4. The number of carbonyl (C=O) groups excluding carboxylic acids is 1. The first-order chi connectivity index (χ1) is 13.8. The van der Waals surface area contributed by atoms with Gasteiger partial charge in [0.05, 0.1) is 34.6 Å². The first kappa shape index (κ1) is 18.9. The number of aromatic nitrogens is 4. The van der Waals surface area contributed by atoms with Gasteiger partial charge in [-0.15, -0.1) is 0 Å². The van der Waals surface area contributed by atoms with Crippen LogP contribution in [0.4, 0.5) is 0 Å². The summed E-state index contributed by atoms with van der Waals surface area (Å²) in [6.45, 7) is 7.90. The normalized spacial score (nSPS) is 12.3. The van der Waals surface area contributed by atoms with Crippen LogP contribution in [0.25, 0.3) is 22.4 Å². The first-order valence-corrected chi connectivity index (χ1v) is 9.47. The van der Waals surface area contributed by atoms with Crippen LogP contribution in [0.15, 0.2) is 41.2 Å². The van der Waals surface area contributed by atoms with E-state index < -0.39 is 0 Å². The fourth-order valence-corrected chi connectivity index (χ4v) is 3.64. The Morgan fingerprint density at radius 3 is 2.69 bits per heavy atom.